The average Bonchev–Trinajstić information content (AvgIpc) is 2.82. The van der Waals surface area contributed by atoms with E-state index in [9.17, 15) is 4.79 Å². The highest BCUT2D eigenvalue weighted by molar-refractivity contribution is 5.68. The first-order valence-corrected chi connectivity index (χ1v) is 5.68. The molecular formula is C12H12N4O2. The van der Waals surface area contributed by atoms with Gasteiger partial charge in [-0.25, -0.2) is 4.79 Å². The fourth-order valence-corrected chi connectivity index (χ4v) is 2.18. The van der Waals surface area contributed by atoms with Gasteiger partial charge in [0.2, 0.25) is 0 Å². The molecule has 3 heterocycles. The van der Waals surface area contributed by atoms with Crippen LogP contribution in [-0.2, 0) is 13.1 Å². The van der Waals surface area contributed by atoms with Crippen LogP contribution in [0.4, 0.5) is 4.79 Å². The van der Waals surface area contributed by atoms with Gasteiger partial charge in [-0.1, -0.05) is 0 Å². The Morgan fingerprint density at radius 2 is 2.06 bits per heavy atom. The normalized spacial score (nSPS) is 14.3. The smallest absolute Gasteiger partial charge is 0.407 e. The maximum Gasteiger partial charge on any atom is 0.407 e. The van der Waals surface area contributed by atoms with Gasteiger partial charge in [-0.05, 0) is 17.7 Å². The Morgan fingerprint density at radius 1 is 1.28 bits per heavy atom. The number of hydrogen-bond donors (Lipinski definition) is 1. The van der Waals surface area contributed by atoms with E-state index in [1.54, 1.807) is 18.6 Å². The van der Waals surface area contributed by atoms with E-state index in [1.165, 1.54) is 4.90 Å². The SMILES string of the molecule is O=C(O)N1CCn2ncc(-c3ccncc3)c2C1. The molecule has 0 saturated heterocycles. The number of hydrogen-bond acceptors (Lipinski definition) is 3. The molecule has 1 aliphatic rings. The highest BCUT2D eigenvalue weighted by atomic mass is 16.4. The summed E-state index contributed by atoms with van der Waals surface area (Å²) >= 11 is 0. The van der Waals surface area contributed by atoms with Gasteiger partial charge in [0.15, 0.2) is 0 Å². The van der Waals surface area contributed by atoms with Crippen LogP contribution >= 0.6 is 0 Å². The van der Waals surface area contributed by atoms with Crippen LogP contribution in [0.3, 0.4) is 0 Å². The van der Waals surface area contributed by atoms with E-state index in [0.717, 1.165) is 16.8 Å². The quantitative estimate of drug-likeness (QED) is 0.823. The first-order valence-electron chi connectivity index (χ1n) is 5.68. The molecular weight excluding hydrogens is 232 g/mol. The molecule has 6 nitrogen and oxygen atoms in total. The van der Waals surface area contributed by atoms with E-state index in [4.69, 9.17) is 5.11 Å². The highest BCUT2D eigenvalue weighted by Crippen LogP contribution is 2.26. The van der Waals surface area contributed by atoms with Crippen LogP contribution in [0.5, 0.6) is 0 Å². The number of rotatable bonds is 1. The Labute approximate surface area is 103 Å². The van der Waals surface area contributed by atoms with Crippen molar-refractivity contribution < 1.29 is 9.90 Å². The molecule has 1 N–H and O–H groups in total. The van der Waals surface area contributed by atoms with Gasteiger partial charge in [0.05, 0.1) is 25.0 Å². The fraction of sp³-hybridized carbons (Fsp3) is 0.250. The summed E-state index contributed by atoms with van der Waals surface area (Å²) in [6.45, 7) is 1.47. The van der Waals surface area contributed by atoms with Crippen molar-refractivity contribution >= 4 is 6.09 Å². The molecule has 92 valence electrons. The number of fused-ring (bicyclic) bond motifs is 1. The summed E-state index contributed by atoms with van der Waals surface area (Å²) in [5.74, 6) is 0. The molecule has 6 heteroatoms. The Kier molecular flexibility index (Phi) is 2.47. The van der Waals surface area contributed by atoms with Crippen LogP contribution in [0.25, 0.3) is 11.1 Å². The van der Waals surface area contributed by atoms with Gasteiger partial charge in [-0.15, -0.1) is 0 Å². The Morgan fingerprint density at radius 3 is 2.78 bits per heavy atom. The third kappa shape index (κ3) is 1.71. The summed E-state index contributed by atoms with van der Waals surface area (Å²) in [7, 11) is 0. The highest BCUT2D eigenvalue weighted by Gasteiger charge is 2.23. The Hall–Kier alpha value is -2.37. The lowest BCUT2D eigenvalue weighted by atomic mass is 10.1. The topological polar surface area (TPSA) is 71.2 Å². The van der Waals surface area contributed by atoms with E-state index in [2.05, 4.69) is 10.1 Å². The molecule has 0 saturated carbocycles. The van der Waals surface area contributed by atoms with Crippen molar-refractivity contribution in [1.29, 1.82) is 0 Å². The largest absolute Gasteiger partial charge is 0.465 e. The molecule has 3 rings (SSSR count). The summed E-state index contributed by atoms with van der Waals surface area (Å²) < 4.78 is 1.87. The van der Waals surface area contributed by atoms with Crippen molar-refractivity contribution in [2.75, 3.05) is 6.54 Å². The van der Waals surface area contributed by atoms with E-state index in [0.29, 0.717) is 19.6 Å². The summed E-state index contributed by atoms with van der Waals surface area (Å²) in [4.78, 5) is 16.4. The fourth-order valence-electron chi connectivity index (χ4n) is 2.18. The molecule has 0 aromatic carbocycles. The third-order valence-electron chi connectivity index (χ3n) is 3.13. The second-order valence-electron chi connectivity index (χ2n) is 4.17. The van der Waals surface area contributed by atoms with Crippen LogP contribution in [-0.4, -0.2) is 37.4 Å². The van der Waals surface area contributed by atoms with Crippen molar-refractivity contribution in [2.24, 2.45) is 0 Å². The van der Waals surface area contributed by atoms with E-state index in [1.807, 2.05) is 16.8 Å². The summed E-state index contributed by atoms with van der Waals surface area (Å²) in [6.07, 6.45) is 4.34. The second kappa shape index (κ2) is 4.14. The van der Waals surface area contributed by atoms with E-state index < -0.39 is 6.09 Å². The monoisotopic (exact) mass is 244 g/mol. The standard InChI is InChI=1S/C12H12N4O2/c17-12(18)15-5-6-16-11(8-15)10(7-14-16)9-1-3-13-4-2-9/h1-4,7H,5-6,8H2,(H,17,18). The Balaban J connectivity index is 2.00. The molecule has 0 atom stereocenters. The first-order chi connectivity index (χ1) is 8.75. The van der Waals surface area contributed by atoms with Crippen LogP contribution in [0.15, 0.2) is 30.7 Å². The number of amides is 1. The second-order valence-corrected chi connectivity index (χ2v) is 4.17. The zero-order chi connectivity index (χ0) is 12.5. The predicted octanol–water partition coefficient (Wildman–Crippen LogP) is 1.44. The zero-order valence-electron chi connectivity index (χ0n) is 9.65. The lowest BCUT2D eigenvalue weighted by molar-refractivity contribution is 0.131. The van der Waals surface area contributed by atoms with Crippen LogP contribution in [0.1, 0.15) is 5.69 Å². The minimum atomic E-state index is -0.886. The van der Waals surface area contributed by atoms with Gasteiger partial charge < -0.3 is 10.0 Å². The Bertz CT molecular complexity index is 579. The first kappa shape index (κ1) is 10.8. The molecule has 1 amide bonds. The van der Waals surface area contributed by atoms with Crippen LogP contribution in [0.2, 0.25) is 0 Å². The van der Waals surface area contributed by atoms with Crippen molar-refractivity contribution in [3.63, 3.8) is 0 Å². The van der Waals surface area contributed by atoms with Crippen molar-refractivity contribution in [2.45, 2.75) is 13.1 Å². The van der Waals surface area contributed by atoms with Gasteiger partial charge in [0.1, 0.15) is 0 Å². The zero-order valence-corrected chi connectivity index (χ0v) is 9.65. The van der Waals surface area contributed by atoms with E-state index in [-0.39, 0.29) is 0 Å². The summed E-state index contributed by atoms with van der Waals surface area (Å²) in [5.41, 5.74) is 2.93. The number of pyridine rings is 1. The van der Waals surface area contributed by atoms with Crippen LogP contribution in [0, 0.1) is 0 Å². The summed E-state index contributed by atoms with van der Waals surface area (Å²) in [6, 6.07) is 3.80. The molecule has 0 spiro atoms. The van der Waals surface area contributed by atoms with Crippen molar-refractivity contribution in [3.8, 4) is 11.1 Å². The lowest BCUT2D eigenvalue weighted by Crippen LogP contribution is -2.37. The van der Waals surface area contributed by atoms with Crippen molar-refractivity contribution in [3.05, 3.63) is 36.4 Å². The van der Waals surface area contributed by atoms with Gasteiger partial charge in [0, 0.05) is 24.5 Å². The molecule has 0 bridgehead atoms. The maximum absolute atomic E-state index is 11.0. The molecule has 2 aromatic heterocycles. The molecule has 18 heavy (non-hydrogen) atoms. The number of carbonyl (C=O) groups is 1. The summed E-state index contributed by atoms with van der Waals surface area (Å²) in [5, 5.41) is 13.4. The maximum atomic E-state index is 11.0. The average molecular weight is 244 g/mol. The van der Waals surface area contributed by atoms with Crippen LogP contribution < -0.4 is 0 Å². The molecule has 0 aliphatic carbocycles. The minimum absolute atomic E-state index is 0.382. The van der Waals surface area contributed by atoms with Gasteiger partial charge in [0.25, 0.3) is 0 Å². The van der Waals surface area contributed by atoms with Crippen molar-refractivity contribution in [1.82, 2.24) is 19.7 Å². The van der Waals surface area contributed by atoms with E-state index >= 15 is 0 Å². The van der Waals surface area contributed by atoms with Gasteiger partial charge >= 0.3 is 6.09 Å². The molecule has 0 radical (unpaired) electrons. The number of carboxylic acid groups (broad SMARTS) is 1. The molecule has 2 aromatic rings. The third-order valence-corrected chi connectivity index (χ3v) is 3.13. The lowest BCUT2D eigenvalue weighted by Gasteiger charge is -2.25. The number of aromatic nitrogens is 3. The predicted molar refractivity (Wildman–Crippen MR) is 63.9 cm³/mol. The minimum Gasteiger partial charge on any atom is -0.465 e. The molecule has 0 unspecified atom stereocenters. The number of nitrogens with zero attached hydrogens (tertiary/aromatic N) is 4. The van der Waals surface area contributed by atoms with Gasteiger partial charge in [-0.3, -0.25) is 9.67 Å². The van der Waals surface area contributed by atoms with Gasteiger partial charge in [-0.2, -0.15) is 5.10 Å². The molecule has 0 fully saturated rings. The molecule has 1 aliphatic heterocycles.